The minimum atomic E-state index is -0.838. The van der Waals surface area contributed by atoms with Crippen molar-refractivity contribution in [2.75, 3.05) is 4.90 Å². The number of benzene rings is 3. The lowest BCUT2D eigenvalue weighted by atomic mass is 10.0. The Morgan fingerprint density at radius 1 is 0.935 bits per heavy atom. The monoisotopic (exact) mass is 434 g/mol. The first-order chi connectivity index (χ1) is 14.9. The summed E-state index contributed by atoms with van der Waals surface area (Å²) in [5.74, 6) is -1.79. The van der Waals surface area contributed by atoms with Crippen molar-refractivity contribution in [3.63, 3.8) is 0 Å². The van der Waals surface area contributed by atoms with Crippen LogP contribution >= 0.6 is 11.6 Å². The van der Waals surface area contributed by atoms with E-state index in [1.807, 2.05) is 0 Å². The molecule has 4 amide bonds. The number of halogens is 2. The van der Waals surface area contributed by atoms with Crippen LogP contribution in [0.1, 0.15) is 16.7 Å². The van der Waals surface area contributed by atoms with Crippen molar-refractivity contribution in [3.8, 4) is 0 Å². The number of hydrogen-bond donors (Lipinski definition) is 1. The van der Waals surface area contributed by atoms with E-state index in [0.717, 1.165) is 10.5 Å². The maximum Gasteiger partial charge on any atom is 0.335 e. The molecule has 0 aromatic heterocycles. The van der Waals surface area contributed by atoms with Crippen LogP contribution in [0.5, 0.6) is 0 Å². The molecule has 1 fully saturated rings. The zero-order chi connectivity index (χ0) is 22.0. The predicted molar refractivity (Wildman–Crippen MR) is 116 cm³/mol. The van der Waals surface area contributed by atoms with E-state index < -0.39 is 17.8 Å². The van der Waals surface area contributed by atoms with E-state index in [0.29, 0.717) is 22.6 Å². The highest BCUT2D eigenvalue weighted by Gasteiger charge is 2.36. The molecule has 3 aromatic carbocycles. The van der Waals surface area contributed by atoms with Crippen LogP contribution in [0.25, 0.3) is 6.08 Å². The third-order valence-electron chi connectivity index (χ3n) is 4.81. The first-order valence-electron chi connectivity index (χ1n) is 9.42. The van der Waals surface area contributed by atoms with Crippen molar-refractivity contribution in [1.82, 2.24) is 5.32 Å². The van der Waals surface area contributed by atoms with E-state index in [1.54, 1.807) is 60.7 Å². The molecule has 0 bridgehead atoms. The molecule has 3 aromatic rings. The number of anilines is 1. The first kappa shape index (κ1) is 20.5. The minimum absolute atomic E-state index is 0.179. The van der Waals surface area contributed by atoms with Crippen LogP contribution < -0.4 is 10.2 Å². The van der Waals surface area contributed by atoms with Gasteiger partial charge in [-0.2, -0.15) is 0 Å². The summed E-state index contributed by atoms with van der Waals surface area (Å²) >= 11 is 5.96. The Balaban J connectivity index is 1.59. The lowest BCUT2D eigenvalue weighted by Crippen LogP contribution is -2.54. The Hall–Kier alpha value is -3.77. The third-order valence-corrected chi connectivity index (χ3v) is 5.05. The Morgan fingerprint density at radius 2 is 1.68 bits per heavy atom. The molecular weight excluding hydrogens is 419 g/mol. The molecule has 7 heteroatoms. The molecule has 1 aliphatic rings. The molecule has 1 N–H and O–H groups in total. The molecule has 1 aliphatic heterocycles. The number of barbiturate groups is 1. The van der Waals surface area contributed by atoms with Gasteiger partial charge in [0.25, 0.3) is 11.8 Å². The number of nitrogens with one attached hydrogen (secondary N) is 1. The number of nitrogens with zero attached hydrogens (tertiary/aromatic N) is 1. The largest absolute Gasteiger partial charge is 0.335 e. The number of rotatable bonds is 4. The predicted octanol–water partition coefficient (Wildman–Crippen LogP) is 4.74. The van der Waals surface area contributed by atoms with Crippen LogP contribution in [-0.2, 0) is 16.0 Å². The normalized spacial score (nSPS) is 15.4. The molecule has 0 unspecified atom stereocenters. The van der Waals surface area contributed by atoms with E-state index >= 15 is 0 Å². The van der Waals surface area contributed by atoms with Crippen molar-refractivity contribution >= 4 is 41.2 Å². The van der Waals surface area contributed by atoms with Crippen molar-refractivity contribution in [3.05, 3.63) is 106 Å². The summed E-state index contributed by atoms with van der Waals surface area (Å²) in [6.07, 6.45) is 1.83. The summed E-state index contributed by atoms with van der Waals surface area (Å²) in [4.78, 5) is 38.3. The van der Waals surface area contributed by atoms with E-state index in [2.05, 4.69) is 5.32 Å². The molecule has 154 valence electrons. The third kappa shape index (κ3) is 4.39. The fourth-order valence-electron chi connectivity index (χ4n) is 3.27. The quantitative estimate of drug-likeness (QED) is 0.476. The Labute approximate surface area is 182 Å². The number of imide groups is 2. The molecule has 0 radical (unpaired) electrons. The maximum absolute atomic E-state index is 13.9. The molecule has 1 saturated heterocycles. The van der Waals surface area contributed by atoms with Gasteiger partial charge in [-0.15, -0.1) is 0 Å². The van der Waals surface area contributed by atoms with Gasteiger partial charge < -0.3 is 0 Å². The lowest BCUT2D eigenvalue weighted by Gasteiger charge is -2.26. The molecular formula is C24H16ClFN2O3. The topological polar surface area (TPSA) is 66.5 Å². The van der Waals surface area contributed by atoms with Gasteiger partial charge in [-0.25, -0.2) is 14.1 Å². The van der Waals surface area contributed by atoms with Gasteiger partial charge in [-0.3, -0.25) is 14.9 Å². The van der Waals surface area contributed by atoms with Gasteiger partial charge in [-0.05, 0) is 47.0 Å². The molecule has 31 heavy (non-hydrogen) atoms. The van der Waals surface area contributed by atoms with Crippen LogP contribution in [0.4, 0.5) is 14.9 Å². The summed E-state index contributed by atoms with van der Waals surface area (Å²) in [5.41, 5.74) is 2.12. The van der Waals surface area contributed by atoms with Gasteiger partial charge in [-0.1, -0.05) is 60.1 Å². The maximum atomic E-state index is 13.9. The Morgan fingerprint density at radius 3 is 2.39 bits per heavy atom. The number of amides is 4. The van der Waals surface area contributed by atoms with Gasteiger partial charge >= 0.3 is 6.03 Å². The van der Waals surface area contributed by atoms with Gasteiger partial charge in [0.15, 0.2) is 0 Å². The Bertz CT molecular complexity index is 1220. The van der Waals surface area contributed by atoms with E-state index in [1.165, 1.54) is 18.2 Å². The van der Waals surface area contributed by atoms with Gasteiger partial charge in [0.05, 0.1) is 5.69 Å². The van der Waals surface area contributed by atoms with Crippen molar-refractivity contribution < 1.29 is 18.8 Å². The molecule has 0 spiro atoms. The average molecular weight is 435 g/mol. The summed E-state index contributed by atoms with van der Waals surface area (Å²) in [7, 11) is 0. The fraction of sp³-hybridized carbons (Fsp3) is 0.0417. The second-order valence-electron chi connectivity index (χ2n) is 6.95. The summed E-state index contributed by atoms with van der Waals surface area (Å²) < 4.78 is 13.9. The summed E-state index contributed by atoms with van der Waals surface area (Å²) in [5, 5.41) is 2.53. The highest BCUT2D eigenvalue weighted by molar-refractivity contribution is 6.39. The van der Waals surface area contributed by atoms with Gasteiger partial charge in [0.1, 0.15) is 11.4 Å². The number of carbonyl (C=O) groups is 3. The van der Waals surface area contributed by atoms with Crippen molar-refractivity contribution in [2.45, 2.75) is 6.42 Å². The lowest BCUT2D eigenvalue weighted by molar-refractivity contribution is -0.122. The number of hydrogen-bond acceptors (Lipinski definition) is 3. The molecule has 0 atom stereocenters. The minimum Gasteiger partial charge on any atom is -0.273 e. The molecule has 5 nitrogen and oxygen atoms in total. The summed E-state index contributed by atoms with van der Waals surface area (Å²) in [6.45, 7) is 0. The first-order valence-corrected chi connectivity index (χ1v) is 9.79. The molecule has 1 heterocycles. The highest BCUT2D eigenvalue weighted by atomic mass is 35.5. The van der Waals surface area contributed by atoms with Crippen LogP contribution in [-0.4, -0.2) is 17.8 Å². The van der Waals surface area contributed by atoms with Gasteiger partial charge in [0, 0.05) is 11.4 Å². The smallest absolute Gasteiger partial charge is 0.273 e. The van der Waals surface area contributed by atoms with Crippen LogP contribution in [0.2, 0.25) is 5.02 Å². The van der Waals surface area contributed by atoms with Crippen LogP contribution in [0.3, 0.4) is 0 Å². The molecule has 4 rings (SSSR count). The second-order valence-corrected chi connectivity index (χ2v) is 7.38. The van der Waals surface area contributed by atoms with Crippen LogP contribution in [0, 0.1) is 5.82 Å². The standard InChI is InChI=1S/C24H16ClFN2O3/c25-18-5-3-6-19(14-18)28-23(30)20(22(29)27-24(28)31)13-16-10-8-15(9-11-16)12-17-4-1-2-7-21(17)26/h1-11,13-14H,12H2,(H,27,29,31)/b20-13+. The molecule has 0 saturated carbocycles. The second kappa shape index (κ2) is 8.53. The van der Waals surface area contributed by atoms with Crippen molar-refractivity contribution in [1.29, 1.82) is 0 Å². The Kier molecular flexibility index (Phi) is 5.64. The van der Waals surface area contributed by atoms with Crippen LogP contribution in [0.15, 0.2) is 78.4 Å². The molecule has 0 aliphatic carbocycles. The average Bonchev–Trinajstić information content (AvgIpc) is 2.74. The summed E-state index contributed by atoms with van der Waals surface area (Å²) in [6, 6.07) is 19.0. The van der Waals surface area contributed by atoms with Gasteiger partial charge in [0.2, 0.25) is 0 Å². The zero-order valence-electron chi connectivity index (χ0n) is 16.1. The van der Waals surface area contributed by atoms with Crippen molar-refractivity contribution in [2.24, 2.45) is 0 Å². The highest BCUT2D eigenvalue weighted by Crippen LogP contribution is 2.24. The zero-order valence-corrected chi connectivity index (χ0v) is 16.9. The van der Waals surface area contributed by atoms with E-state index in [4.69, 9.17) is 11.6 Å². The SMILES string of the molecule is O=C1NC(=O)N(c2cccc(Cl)c2)C(=O)/C1=C/c1ccc(Cc2ccccc2F)cc1. The number of carbonyl (C=O) groups excluding carboxylic acids is 3. The van der Waals surface area contributed by atoms with E-state index in [-0.39, 0.29) is 17.1 Å². The van der Waals surface area contributed by atoms with E-state index in [9.17, 15) is 18.8 Å². The fourth-order valence-corrected chi connectivity index (χ4v) is 3.45. The number of urea groups is 1.